The molecule has 1 aromatic carbocycles. The summed E-state index contributed by atoms with van der Waals surface area (Å²) in [6.07, 6.45) is -0.282. The molecule has 150 valence electrons. The van der Waals surface area contributed by atoms with Gasteiger partial charge >= 0.3 is 6.09 Å². The predicted octanol–water partition coefficient (Wildman–Crippen LogP) is 1.77. The minimum atomic E-state index is -0.284. The van der Waals surface area contributed by atoms with E-state index in [1.807, 2.05) is 24.5 Å². The average molecular weight is 388 g/mol. The van der Waals surface area contributed by atoms with Crippen LogP contribution in [0.1, 0.15) is 28.7 Å². The first kappa shape index (κ1) is 20.1. The van der Waals surface area contributed by atoms with Crippen LogP contribution in [0.4, 0.5) is 9.18 Å². The van der Waals surface area contributed by atoms with Crippen molar-refractivity contribution in [1.82, 2.24) is 9.47 Å². The van der Waals surface area contributed by atoms with Crippen molar-refractivity contribution >= 4 is 11.9 Å². The number of hydrogen-bond donors (Lipinski definition) is 1. The van der Waals surface area contributed by atoms with Crippen LogP contribution >= 0.6 is 0 Å². The first-order valence-corrected chi connectivity index (χ1v) is 9.64. The number of piperazine rings is 1. The van der Waals surface area contributed by atoms with Crippen molar-refractivity contribution in [3.05, 3.63) is 53.1 Å². The second-order valence-corrected chi connectivity index (χ2v) is 7.13. The van der Waals surface area contributed by atoms with Crippen LogP contribution in [0.25, 0.3) is 5.69 Å². The minimum absolute atomic E-state index is 0.0843. The largest absolute Gasteiger partial charge is 0.450 e. The molecule has 1 N–H and O–H groups in total. The fourth-order valence-electron chi connectivity index (χ4n) is 3.75. The van der Waals surface area contributed by atoms with Gasteiger partial charge in [-0.3, -0.25) is 9.69 Å². The van der Waals surface area contributed by atoms with Gasteiger partial charge in [0.25, 0.3) is 0 Å². The Morgan fingerprint density at radius 1 is 1.14 bits per heavy atom. The van der Waals surface area contributed by atoms with Crippen molar-refractivity contribution in [1.29, 1.82) is 0 Å². The van der Waals surface area contributed by atoms with Crippen LogP contribution in [0, 0.1) is 19.7 Å². The molecule has 0 spiro atoms. The maximum atomic E-state index is 13.2. The van der Waals surface area contributed by atoms with Crippen LogP contribution in [0.5, 0.6) is 0 Å². The molecular weight excluding hydrogens is 361 g/mol. The lowest BCUT2D eigenvalue weighted by atomic mass is 10.1. The highest BCUT2D eigenvalue weighted by Crippen LogP contribution is 2.21. The zero-order chi connectivity index (χ0) is 20.3. The molecule has 0 bridgehead atoms. The lowest BCUT2D eigenvalue weighted by Gasteiger charge is -2.31. The van der Waals surface area contributed by atoms with Crippen LogP contribution in [-0.2, 0) is 4.74 Å². The average Bonchev–Trinajstić information content (AvgIpc) is 2.98. The van der Waals surface area contributed by atoms with Crippen LogP contribution in [0.15, 0.2) is 30.3 Å². The third-order valence-corrected chi connectivity index (χ3v) is 5.22. The quantitative estimate of drug-likeness (QED) is 0.795. The van der Waals surface area contributed by atoms with Gasteiger partial charge in [-0.1, -0.05) is 0 Å². The molecule has 0 atom stereocenters. The van der Waals surface area contributed by atoms with Crippen molar-refractivity contribution < 1.29 is 23.6 Å². The van der Waals surface area contributed by atoms with E-state index in [1.54, 1.807) is 24.0 Å². The summed E-state index contributed by atoms with van der Waals surface area (Å²) in [5.41, 5.74) is 3.33. The van der Waals surface area contributed by atoms with Crippen molar-refractivity contribution in [3.63, 3.8) is 0 Å². The number of Topliss-reactive ketones (excluding diaryl/α,β-unsaturated/α-hetero) is 1. The third-order valence-electron chi connectivity index (χ3n) is 5.22. The number of ether oxygens (including phenoxy) is 1. The molecule has 2 aromatic rings. The van der Waals surface area contributed by atoms with Crippen LogP contribution < -0.4 is 4.90 Å². The summed E-state index contributed by atoms with van der Waals surface area (Å²) in [6.45, 7) is 9.04. The Hall–Kier alpha value is -2.67. The van der Waals surface area contributed by atoms with E-state index in [9.17, 15) is 14.0 Å². The molecule has 1 aliphatic rings. The standard InChI is InChI=1S/C21H26FN3O3/c1-4-28-21(27)24-11-9-23(10-12-24)14-20(26)19-13-15(2)25(16(19)3)18-7-5-17(22)6-8-18/h5-8,13H,4,9-12,14H2,1-3H3/p+1. The summed E-state index contributed by atoms with van der Waals surface area (Å²) in [5.74, 6) is -0.200. The molecule has 0 saturated carbocycles. The number of halogens is 1. The molecule has 0 unspecified atom stereocenters. The van der Waals surface area contributed by atoms with Gasteiger partial charge in [-0.05, 0) is 51.1 Å². The Kier molecular flexibility index (Phi) is 6.14. The first-order chi connectivity index (χ1) is 13.4. The van der Waals surface area contributed by atoms with Gasteiger partial charge in [0, 0.05) is 22.6 Å². The van der Waals surface area contributed by atoms with E-state index in [-0.39, 0.29) is 17.7 Å². The molecule has 7 heteroatoms. The SMILES string of the molecule is CCOC(=O)N1CC[NH+](CC(=O)c2cc(C)n(-c3ccc(F)cc3)c2C)CC1. The Morgan fingerprint density at radius 3 is 2.39 bits per heavy atom. The second-order valence-electron chi connectivity index (χ2n) is 7.13. The number of carbonyl (C=O) groups excluding carboxylic acids is 2. The number of hydrogen-bond acceptors (Lipinski definition) is 3. The van der Waals surface area contributed by atoms with E-state index in [0.29, 0.717) is 31.8 Å². The highest BCUT2D eigenvalue weighted by Gasteiger charge is 2.27. The van der Waals surface area contributed by atoms with E-state index >= 15 is 0 Å². The molecule has 1 fully saturated rings. The van der Waals surface area contributed by atoms with E-state index in [4.69, 9.17) is 4.74 Å². The van der Waals surface area contributed by atoms with Gasteiger partial charge < -0.3 is 14.2 Å². The summed E-state index contributed by atoms with van der Waals surface area (Å²) in [4.78, 5) is 27.5. The summed E-state index contributed by atoms with van der Waals surface area (Å²) in [5, 5.41) is 0. The van der Waals surface area contributed by atoms with Crippen LogP contribution in [0.3, 0.4) is 0 Å². The number of carbonyl (C=O) groups is 2. The number of quaternary nitrogens is 1. The third kappa shape index (κ3) is 4.25. The maximum Gasteiger partial charge on any atom is 0.410 e. The highest BCUT2D eigenvalue weighted by atomic mass is 19.1. The zero-order valence-corrected chi connectivity index (χ0v) is 16.6. The fraction of sp³-hybridized carbons (Fsp3) is 0.429. The monoisotopic (exact) mass is 388 g/mol. The summed E-state index contributed by atoms with van der Waals surface area (Å²) in [6, 6.07) is 8.16. The number of aromatic nitrogens is 1. The van der Waals surface area contributed by atoms with Gasteiger partial charge in [0.05, 0.1) is 32.8 Å². The second kappa shape index (κ2) is 8.56. The van der Waals surface area contributed by atoms with E-state index in [0.717, 1.165) is 35.1 Å². The zero-order valence-electron chi connectivity index (χ0n) is 16.6. The van der Waals surface area contributed by atoms with Gasteiger partial charge in [-0.2, -0.15) is 0 Å². The van der Waals surface area contributed by atoms with Crippen LogP contribution in [-0.4, -0.2) is 60.7 Å². The molecule has 3 rings (SSSR count). The normalized spacial score (nSPS) is 14.9. The minimum Gasteiger partial charge on any atom is -0.450 e. The van der Waals surface area contributed by atoms with Gasteiger partial charge in [0.15, 0.2) is 0 Å². The van der Waals surface area contributed by atoms with Gasteiger partial charge in [0.2, 0.25) is 5.78 Å². The summed E-state index contributed by atoms with van der Waals surface area (Å²) in [7, 11) is 0. The topological polar surface area (TPSA) is 56.0 Å². The summed E-state index contributed by atoms with van der Waals surface area (Å²) >= 11 is 0. The van der Waals surface area contributed by atoms with Gasteiger partial charge in [-0.15, -0.1) is 0 Å². The highest BCUT2D eigenvalue weighted by molar-refractivity contribution is 5.98. The van der Waals surface area contributed by atoms with Crippen LogP contribution in [0.2, 0.25) is 0 Å². The number of aryl methyl sites for hydroxylation is 1. The lowest BCUT2D eigenvalue weighted by molar-refractivity contribution is -0.895. The number of nitrogens with zero attached hydrogens (tertiary/aromatic N) is 2. The smallest absolute Gasteiger partial charge is 0.410 e. The van der Waals surface area contributed by atoms with Crippen molar-refractivity contribution in [2.45, 2.75) is 20.8 Å². The number of ketones is 1. The van der Waals surface area contributed by atoms with E-state index < -0.39 is 0 Å². The molecule has 2 heterocycles. The van der Waals surface area contributed by atoms with Gasteiger partial charge in [-0.25, -0.2) is 9.18 Å². The Labute approximate surface area is 164 Å². The number of rotatable bonds is 5. The fourth-order valence-corrected chi connectivity index (χ4v) is 3.75. The lowest BCUT2D eigenvalue weighted by Crippen LogP contribution is -3.15. The predicted molar refractivity (Wildman–Crippen MR) is 104 cm³/mol. The molecule has 1 amide bonds. The molecule has 1 aliphatic heterocycles. The van der Waals surface area contributed by atoms with Crippen molar-refractivity contribution in [2.24, 2.45) is 0 Å². The Morgan fingerprint density at radius 2 is 1.79 bits per heavy atom. The van der Waals surface area contributed by atoms with Gasteiger partial charge in [0.1, 0.15) is 12.4 Å². The number of benzene rings is 1. The molecule has 0 aliphatic carbocycles. The first-order valence-electron chi connectivity index (χ1n) is 9.64. The van der Waals surface area contributed by atoms with Crippen molar-refractivity contribution in [2.75, 3.05) is 39.3 Å². The van der Waals surface area contributed by atoms with E-state index in [1.165, 1.54) is 12.1 Å². The molecule has 0 radical (unpaired) electrons. The number of amides is 1. The van der Waals surface area contributed by atoms with E-state index in [2.05, 4.69) is 0 Å². The molecule has 28 heavy (non-hydrogen) atoms. The molecular formula is C21H27FN3O3+. The molecule has 1 saturated heterocycles. The maximum absolute atomic E-state index is 13.2. The van der Waals surface area contributed by atoms with Crippen molar-refractivity contribution in [3.8, 4) is 5.69 Å². The molecule has 1 aromatic heterocycles. The Balaban J connectivity index is 1.67. The number of nitrogens with one attached hydrogen (secondary N) is 1. The molecule has 6 nitrogen and oxygen atoms in total. The summed E-state index contributed by atoms with van der Waals surface area (Å²) < 4.78 is 20.2. The Bertz CT molecular complexity index is 853.